The monoisotopic (exact) mass is 352 g/mol. The summed E-state index contributed by atoms with van der Waals surface area (Å²) in [5, 5.41) is 22.0. The number of anilines is 1. The van der Waals surface area contributed by atoms with E-state index in [9.17, 15) is 10.1 Å². The predicted octanol–water partition coefficient (Wildman–Crippen LogP) is 3.23. The van der Waals surface area contributed by atoms with Crippen LogP contribution in [0.1, 0.15) is 36.2 Å². The number of nitrogens with one attached hydrogen (secondary N) is 1. The molecule has 1 fully saturated rings. The van der Waals surface area contributed by atoms with Gasteiger partial charge in [-0.2, -0.15) is 0 Å². The van der Waals surface area contributed by atoms with E-state index in [-0.39, 0.29) is 5.69 Å². The molecule has 1 saturated carbocycles. The van der Waals surface area contributed by atoms with Crippen molar-refractivity contribution in [1.29, 1.82) is 0 Å². The molecule has 0 bridgehead atoms. The molecule has 0 unspecified atom stereocenters. The van der Waals surface area contributed by atoms with Crippen molar-refractivity contribution in [1.82, 2.24) is 20.2 Å². The number of non-ortho nitro benzene ring substituents is 1. The Bertz CT molecular complexity index is 949. The second-order valence-corrected chi connectivity index (χ2v) is 6.18. The molecule has 0 aliphatic heterocycles. The van der Waals surface area contributed by atoms with Crippen LogP contribution >= 0.6 is 0 Å². The van der Waals surface area contributed by atoms with Gasteiger partial charge in [-0.1, -0.05) is 0 Å². The van der Waals surface area contributed by atoms with Crippen LogP contribution in [0.25, 0.3) is 11.4 Å². The molecule has 3 aromatic rings. The Morgan fingerprint density at radius 1 is 1.23 bits per heavy atom. The zero-order valence-electron chi connectivity index (χ0n) is 14.0. The molecule has 2 heterocycles. The van der Waals surface area contributed by atoms with Crippen LogP contribution in [0.15, 0.2) is 34.7 Å². The standard InChI is InChI=1S/C17H16N6O3/c1-10-8-14(18-9-15-21-22-17(26-15)12-2-3-12)20-16(19-10)11-4-6-13(7-5-11)23(24)25/h4-8,12H,2-3,9H2,1H3,(H,18,19,20). The van der Waals surface area contributed by atoms with Crippen LogP contribution in [-0.4, -0.2) is 25.1 Å². The van der Waals surface area contributed by atoms with Gasteiger partial charge in [-0.3, -0.25) is 10.1 Å². The molecule has 0 atom stereocenters. The molecular weight excluding hydrogens is 336 g/mol. The Balaban J connectivity index is 1.50. The molecule has 1 aromatic carbocycles. The summed E-state index contributed by atoms with van der Waals surface area (Å²) in [5.41, 5.74) is 1.51. The highest BCUT2D eigenvalue weighted by Gasteiger charge is 2.29. The second kappa shape index (κ2) is 6.51. The highest BCUT2D eigenvalue weighted by Crippen LogP contribution is 2.39. The summed E-state index contributed by atoms with van der Waals surface area (Å²) >= 11 is 0. The Labute approximate surface area is 148 Å². The summed E-state index contributed by atoms with van der Waals surface area (Å²) in [5.74, 6) is 2.75. The van der Waals surface area contributed by atoms with Crippen LogP contribution in [-0.2, 0) is 6.54 Å². The second-order valence-electron chi connectivity index (χ2n) is 6.18. The van der Waals surface area contributed by atoms with Crippen molar-refractivity contribution in [3.8, 4) is 11.4 Å². The number of aromatic nitrogens is 4. The Morgan fingerprint density at radius 3 is 2.69 bits per heavy atom. The van der Waals surface area contributed by atoms with Gasteiger partial charge in [-0.05, 0) is 31.9 Å². The molecular formula is C17H16N6O3. The van der Waals surface area contributed by atoms with Crippen LogP contribution in [0.2, 0.25) is 0 Å². The van der Waals surface area contributed by atoms with Crippen LogP contribution in [0.3, 0.4) is 0 Å². The Morgan fingerprint density at radius 2 is 2.00 bits per heavy atom. The molecule has 4 rings (SSSR count). The molecule has 1 aliphatic rings. The molecule has 1 N–H and O–H groups in total. The van der Waals surface area contributed by atoms with Gasteiger partial charge in [0.1, 0.15) is 5.82 Å². The maximum Gasteiger partial charge on any atom is 0.269 e. The molecule has 9 heteroatoms. The molecule has 0 spiro atoms. The maximum absolute atomic E-state index is 10.8. The third kappa shape index (κ3) is 3.51. The summed E-state index contributed by atoms with van der Waals surface area (Å²) in [6.45, 7) is 2.23. The van der Waals surface area contributed by atoms with E-state index in [4.69, 9.17) is 4.42 Å². The van der Waals surface area contributed by atoms with Crippen molar-refractivity contribution in [2.45, 2.75) is 32.2 Å². The number of rotatable bonds is 6. The largest absolute Gasteiger partial charge is 0.423 e. The SMILES string of the molecule is Cc1cc(NCc2nnc(C3CC3)o2)nc(-c2ccc([N+](=O)[O-])cc2)n1. The first-order valence-corrected chi connectivity index (χ1v) is 8.25. The lowest BCUT2D eigenvalue weighted by Gasteiger charge is -2.07. The van der Waals surface area contributed by atoms with E-state index < -0.39 is 4.92 Å². The van der Waals surface area contributed by atoms with E-state index in [1.165, 1.54) is 12.1 Å². The zero-order valence-corrected chi connectivity index (χ0v) is 14.0. The molecule has 1 aliphatic carbocycles. The van der Waals surface area contributed by atoms with E-state index in [0.717, 1.165) is 18.5 Å². The number of hydrogen-bond donors (Lipinski definition) is 1. The van der Waals surface area contributed by atoms with E-state index in [0.29, 0.717) is 41.4 Å². The fourth-order valence-electron chi connectivity index (χ4n) is 2.52. The highest BCUT2D eigenvalue weighted by atomic mass is 16.6. The molecule has 2 aromatic heterocycles. The summed E-state index contributed by atoms with van der Waals surface area (Å²) < 4.78 is 5.62. The molecule has 132 valence electrons. The number of benzene rings is 1. The highest BCUT2D eigenvalue weighted by molar-refractivity contribution is 5.59. The van der Waals surface area contributed by atoms with Gasteiger partial charge in [-0.25, -0.2) is 9.97 Å². The average molecular weight is 352 g/mol. The molecule has 0 saturated heterocycles. The van der Waals surface area contributed by atoms with Crippen molar-refractivity contribution in [3.63, 3.8) is 0 Å². The molecule has 9 nitrogen and oxygen atoms in total. The van der Waals surface area contributed by atoms with Crippen molar-refractivity contribution in [2.24, 2.45) is 0 Å². The van der Waals surface area contributed by atoms with Gasteiger partial charge in [0.05, 0.1) is 11.5 Å². The van der Waals surface area contributed by atoms with Gasteiger partial charge in [0.15, 0.2) is 5.82 Å². The summed E-state index contributed by atoms with van der Waals surface area (Å²) in [6.07, 6.45) is 2.22. The topological polar surface area (TPSA) is 120 Å². The summed E-state index contributed by atoms with van der Waals surface area (Å²) in [7, 11) is 0. The van der Waals surface area contributed by atoms with Crippen LogP contribution in [0.5, 0.6) is 0 Å². The van der Waals surface area contributed by atoms with E-state index in [1.54, 1.807) is 12.1 Å². The third-order valence-corrected chi connectivity index (χ3v) is 4.02. The minimum atomic E-state index is -0.436. The van der Waals surface area contributed by atoms with Crippen LogP contribution in [0, 0.1) is 17.0 Å². The zero-order chi connectivity index (χ0) is 18.1. The van der Waals surface area contributed by atoms with Gasteiger partial charge < -0.3 is 9.73 Å². The van der Waals surface area contributed by atoms with Crippen molar-refractivity contribution >= 4 is 11.5 Å². The third-order valence-electron chi connectivity index (χ3n) is 4.02. The number of nitro benzene ring substituents is 1. The molecule has 0 amide bonds. The Kier molecular flexibility index (Phi) is 4.04. The lowest BCUT2D eigenvalue weighted by atomic mass is 10.2. The number of hydrogen-bond acceptors (Lipinski definition) is 8. The minimum Gasteiger partial charge on any atom is -0.423 e. The van der Waals surface area contributed by atoms with Gasteiger partial charge in [0, 0.05) is 35.4 Å². The maximum atomic E-state index is 10.8. The summed E-state index contributed by atoms with van der Waals surface area (Å²) in [6, 6.07) is 7.96. The Hall–Kier alpha value is -3.36. The van der Waals surface area contributed by atoms with E-state index in [2.05, 4.69) is 25.5 Å². The lowest BCUT2D eigenvalue weighted by Crippen LogP contribution is -2.04. The minimum absolute atomic E-state index is 0.0302. The van der Waals surface area contributed by atoms with Gasteiger partial charge in [-0.15, -0.1) is 10.2 Å². The number of aryl methyl sites for hydroxylation is 1. The van der Waals surface area contributed by atoms with E-state index >= 15 is 0 Å². The number of nitro groups is 1. The van der Waals surface area contributed by atoms with Crippen LogP contribution in [0.4, 0.5) is 11.5 Å². The normalized spacial score (nSPS) is 13.6. The van der Waals surface area contributed by atoms with Crippen molar-refractivity contribution < 1.29 is 9.34 Å². The quantitative estimate of drug-likeness (QED) is 0.530. The smallest absolute Gasteiger partial charge is 0.269 e. The van der Waals surface area contributed by atoms with Gasteiger partial charge in [0.25, 0.3) is 5.69 Å². The first kappa shape index (κ1) is 16.1. The van der Waals surface area contributed by atoms with Crippen LogP contribution < -0.4 is 5.32 Å². The van der Waals surface area contributed by atoms with E-state index in [1.807, 2.05) is 13.0 Å². The lowest BCUT2D eigenvalue weighted by molar-refractivity contribution is -0.384. The predicted molar refractivity (Wildman–Crippen MR) is 92.5 cm³/mol. The summed E-state index contributed by atoms with van der Waals surface area (Å²) in [4.78, 5) is 19.2. The van der Waals surface area contributed by atoms with Gasteiger partial charge in [0.2, 0.25) is 11.8 Å². The first-order valence-electron chi connectivity index (χ1n) is 8.25. The van der Waals surface area contributed by atoms with Crippen molar-refractivity contribution in [3.05, 3.63) is 57.9 Å². The first-order chi connectivity index (χ1) is 12.6. The van der Waals surface area contributed by atoms with Crippen molar-refractivity contribution in [2.75, 3.05) is 5.32 Å². The molecule has 26 heavy (non-hydrogen) atoms. The average Bonchev–Trinajstić information content (AvgIpc) is 3.38. The molecule has 0 radical (unpaired) electrons. The number of nitrogens with zero attached hydrogens (tertiary/aromatic N) is 5. The van der Waals surface area contributed by atoms with Gasteiger partial charge >= 0.3 is 0 Å². The fourth-order valence-corrected chi connectivity index (χ4v) is 2.52. The fraction of sp³-hybridized carbons (Fsp3) is 0.294.